The first kappa shape index (κ1) is 11.8. The number of hydrogen-bond acceptors (Lipinski definition) is 4. The minimum absolute atomic E-state index is 0.446. The van der Waals surface area contributed by atoms with E-state index in [4.69, 9.17) is 0 Å². The van der Waals surface area contributed by atoms with E-state index in [1.165, 1.54) is 5.69 Å². The van der Waals surface area contributed by atoms with Gasteiger partial charge in [0.05, 0.1) is 0 Å². The number of benzene rings is 1. The standard InChI is InChI=1S/C14H21N3O/c1-16-11(10-17-7-5-15-6-8-17)9-12-13(16)3-2-4-14(12)18/h2-4,11,15,18H,5-10H2,1H3. The van der Waals surface area contributed by atoms with E-state index in [1.54, 1.807) is 6.07 Å². The third-order valence-electron chi connectivity index (χ3n) is 4.17. The normalized spacial score (nSPS) is 24.3. The molecule has 2 N–H and O–H groups in total. The summed E-state index contributed by atoms with van der Waals surface area (Å²) in [6.07, 6.45) is 0.961. The fourth-order valence-corrected chi connectivity index (χ4v) is 3.05. The van der Waals surface area contributed by atoms with E-state index in [-0.39, 0.29) is 0 Å². The molecule has 2 aliphatic rings. The first-order valence-electron chi connectivity index (χ1n) is 6.72. The summed E-state index contributed by atoms with van der Waals surface area (Å²) in [7, 11) is 2.14. The van der Waals surface area contributed by atoms with Crippen molar-refractivity contribution in [3.05, 3.63) is 23.8 Å². The molecule has 2 aliphatic heterocycles. The van der Waals surface area contributed by atoms with E-state index in [1.807, 2.05) is 6.07 Å². The van der Waals surface area contributed by atoms with Gasteiger partial charge in [-0.1, -0.05) is 6.07 Å². The summed E-state index contributed by atoms with van der Waals surface area (Å²) in [6.45, 7) is 5.54. The molecule has 0 spiro atoms. The molecule has 1 aromatic rings. The number of aromatic hydroxyl groups is 1. The molecule has 1 aromatic carbocycles. The van der Waals surface area contributed by atoms with Crippen LogP contribution in [-0.4, -0.2) is 55.8 Å². The lowest BCUT2D eigenvalue weighted by molar-refractivity contribution is 0.227. The Kier molecular flexibility index (Phi) is 3.14. The van der Waals surface area contributed by atoms with Crippen molar-refractivity contribution in [3.63, 3.8) is 0 Å². The van der Waals surface area contributed by atoms with E-state index < -0.39 is 0 Å². The number of nitrogens with zero attached hydrogens (tertiary/aromatic N) is 2. The molecule has 3 rings (SSSR count). The molecule has 2 heterocycles. The number of piperazine rings is 1. The topological polar surface area (TPSA) is 38.7 Å². The highest BCUT2D eigenvalue weighted by molar-refractivity contribution is 5.63. The quantitative estimate of drug-likeness (QED) is 0.805. The van der Waals surface area contributed by atoms with Crippen LogP contribution in [0.4, 0.5) is 5.69 Å². The molecule has 0 aliphatic carbocycles. The second kappa shape index (κ2) is 4.78. The number of nitrogens with one attached hydrogen (secondary N) is 1. The highest BCUT2D eigenvalue weighted by Crippen LogP contribution is 2.36. The number of phenolic OH excluding ortho intramolecular Hbond substituents is 1. The Morgan fingerprint density at radius 2 is 2.11 bits per heavy atom. The van der Waals surface area contributed by atoms with Crippen molar-refractivity contribution in [1.29, 1.82) is 0 Å². The van der Waals surface area contributed by atoms with Crippen LogP contribution in [0.25, 0.3) is 0 Å². The summed E-state index contributed by atoms with van der Waals surface area (Å²) in [5.41, 5.74) is 2.30. The predicted molar refractivity (Wildman–Crippen MR) is 73.3 cm³/mol. The Hall–Kier alpha value is -1.26. The van der Waals surface area contributed by atoms with Gasteiger partial charge in [-0.05, 0) is 18.6 Å². The number of rotatable bonds is 2. The largest absolute Gasteiger partial charge is 0.508 e. The Bertz CT molecular complexity index is 429. The van der Waals surface area contributed by atoms with Crippen molar-refractivity contribution >= 4 is 5.69 Å². The monoisotopic (exact) mass is 247 g/mol. The Balaban J connectivity index is 1.71. The third kappa shape index (κ3) is 2.06. The van der Waals surface area contributed by atoms with Gasteiger partial charge in [0.15, 0.2) is 0 Å². The molecule has 4 heteroatoms. The molecule has 4 nitrogen and oxygen atoms in total. The second-order valence-corrected chi connectivity index (χ2v) is 5.29. The van der Waals surface area contributed by atoms with Gasteiger partial charge < -0.3 is 15.3 Å². The second-order valence-electron chi connectivity index (χ2n) is 5.29. The van der Waals surface area contributed by atoms with Crippen LogP contribution in [0.15, 0.2) is 18.2 Å². The number of hydrogen-bond donors (Lipinski definition) is 2. The highest BCUT2D eigenvalue weighted by atomic mass is 16.3. The van der Waals surface area contributed by atoms with Crippen LogP contribution in [-0.2, 0) is 6.42 Å². The minimum Gasteiger partial charge on any atom is -0.508 e. The molecule has 1 fully saturated rings. The minimum atomic E-state index is 0.446. The van der Waals surface area contributed by atoms with Crippen LogP contribution in [0.5, 0.6) is 5.75 Å². The van der Waals surface area contributed by atoms with Gasteiger partial charge in [-0.25, -0.2) is 0 Å². The van der Waals surface area contributed by atoms with Gasteiger partial charge in [-0.2, -0.15) is 0 Å². The van der Waals surface area contributed by atoms with Crippen molar-refractivity contribution < 1.29 is 5.11 Å². The fraction of sp³-hybridized carbons (Fsp3) is 0.571. The summed E-state index contributed by atoms with van der Waals surface area (Å²) >= 11 is 0. The molecule has 1 atom stereocenters. The van der Waals surface area contributed by atoms with Crippen LogP contribution < -0.4 is 10.2 Å². The average Bonchev–Trinajstić information content (AvgIpc) is 2.70. The van der Waals surface area contributed by atoms with Gasteiger partial charge in [0.2, 0.25) is 0 Å². The maximum atomic E-state index is 9.92. The van der Waals surface area contributed by atoms with Crippen molar-refractivity contribution in [3.8, 4) is 5.75 Å². The third-order valence-corrected chi connectivity index (χ3v) is 4.17. The molecule has 18 heavy (non-hydrogen) atoms. The maximum absolute atomic E-state index is 9.92. The number of likely N-dealkylation sites (N-methyl/N-ethyl adjacent to an activating group) is 1. The van der Waals surface area contributed by atoms with Gasteiger partial charge in [-0.3, -0.25) is 4.90 Å². The fourth-order valence-electron chi connectivity index (χ4n) is 3.05. The SMILES string of the molecule is CN1c2cccc(O)c2CC1CN1CCNCC1. The van der Waals surface area contributed by atoms with Crippen LogP contribution in [0.2, 0.25) is 0 Å². The lowest BCUT2D eigenvalue weighted by Gasteiger charge is -2.32. The predicted octanol–water partition coefficient (Wildman–Crippen LogP) is 0.658. The Labute approximate surface area is 108 Å². The smallest absolute Gasteiger partial charge is 0.120 e. The van der Waals surface area contributed by atoms with Gasteiger partial charge >= 0.3 is 0 Å². The molecule has 0 saturated carbocycles. The van der Waals surface area contributed by atoms with Crippen LogP contribution in [0.3, 0.4) is 0 Å². The molecule has 98 valence electrons. The van der Waals surface area contributed by atoms with Crippen molar-refractivity contribution in [1.82, 2.24) is 10.2 Å². The first-order valence-corrected chi connectivity index (χ1v) is 6.72. The first-order chi connectivity index (χ1) is 8.75. The zero-order chi connectivity index (χ0) is 12.5. The zero-order valence-corrected chi connectivity index (χ0v) is 10.9. The van der Waals surface area contributed by atoms with Crippen LogP contribution >= 0.6 is 0 Å². The molecule has 0 bridgehead atoms. The van der Waals surface area contributed by atoms with Crippen molar-refractivity contribution in [2.75, 3.05) is 44.7 Å². The lowest BCUT2D eigenvalue weighted by atomic mass is 10.1. The van der Waals surface area contributed by atoms with Gasteiger partial charge in [0.25, 0.3) is 0 Å². The molecular weight excluding hydrogens is 226 g/mol. The number of phenols is 1. The van der Waals surface area contributed by atoms with E-state index in [9.17, 15) is 5.11 Å². The summed E-state index contributed by atoms with van der Waals surface area (Å²) in [5, 5.41) is 13.3. The summed E-state index contributed by atoms with van der Waals surface area (Å²) in [4.78, 5) is 4.83. The van der Waals surface area contributed by atoms with Gasteiger partial charge in [0.1, 0.15) is 5.75 Å². The molecule has 0 aromatic heterocycles. The average molecular weight is 247 g/mol. The van der Waals surface area contributed by atoms with E-state index in [2.05, 4.69) is 28.2 Å². The van der Waals surface area contributed by atoms with E-state index >= 15 is 0 Å². The van der Waals surface area contributed by atoms with Crippen LogP contribution in [0.1, 0.15) is 5.56 Å². The summed E-state index contributed by atoms with van der Waals surface area (Å²) < 4.78 is 0. The van der Waals surface area contributed by atoms with Crippen LogP contribution in [0, 0.1) is 0 Å². The molecule has 0 radical (unpaired) electrons. The maximum Gasteiger partial charge on any atom is 0.120 e. The Morgan fingerprint density at radius 3 is 2.83 bits per heavy atom. The highest BCUT2D eigenvalue weighted by Gasteiger charge is 2.29. The molecule has 1 unspecified atom stereocenters. The lowest BCUT2D eigenvalue weighted by Crippen LogP contribution is -2.48. The molecule has 1 saturated heterocycles. The van der Waals surface area contributed by atoms with E-state index in [0.29, 0.717) is 11.8 Å². The summed E-state index contributed by atoms with van der Waals surface area (Å²) in [6, 6.07) is 6.32. The molecule has 0 amide bonds. The van der Waals surface area contributed by atoms with E-state index in [0.717, 1.165) is 44.7 Å². The van der Waals surface area contributed by atoms with Gasteiger partial charge in [0, 0.05) is 57.1 Å². The number of anilines is 1. The zero-order valence-electron chi connectivity index (χ0n) is 10.9. The van der Waals surface area contributed by atoms with Crippen molar-refractivity contribution in [2.45, 2.75) is 12.5 Å². The van der Waals surface area contributed by atoms with Crippen molar-refractivity contribution in [2.24, 2.45) is 0 Å². The summed E-state index contributed by atoms with van der Waals surface area (Å²) in [5.74, 6) is 0.446. The van der Waals surface area contributed by atoms with Gasteiger partial charge in [-0.15, -0.1) is 0 Å². The molecular formula is C14H21N3O. The number of fused-ring (bicyclic) bond motifs is 1. The Morgan fingerprint density at radius 1 is 1.33 bits per heavy atom.